The van der Waals surface area contributed by atoms with Crippen LogP contribution in [0.1, 0.15) is 30.4 Å². The summed E-state index contributed by atoms with van der Waals surface area (Å²) in [5.41, 5.74) is 8.37. The third kappa shape index (κ3) is 5.63. The second-order valence-corrected chi connectivity index (χ2v) is 6.03. The average molecular weight is 316 g/mol. The van der Waals surface area contributed by atoms with Crippen molar-refractivity contribution in [3.63, 3.8) is 0 Å². The minimum absolute atomic E-state index is 0.142. The van der Waals surface area contributed by atoms with Crippen LogP contribution in [0.25, 0.3) is 0 Å². The molecule has 0 amide bonds. The fourth-order valence-corrected chi connectivity index (χ4v) is 2.57. The molecule has 2 rings (SSSR count). The van der Waals surface area contributed by atoms with Crippen LogP contribution in [-0.2, 0) is 17.6 Å². The van der Waals surface area contributed by atoms with Crippen LogP contribution in [-0.4, -0.2) is 11.8 Å². The van der Waals surface area contributed by atoms with E-state index in [0.717, 1.165) is 24.8 Å². The van der Waals surface area contributed by atoms with Gasteiger partial charge in [0, 0.05) is 11.4 Å². The van der Waals surface area contributed by atoms with Gasteiger partial charge in [-0.05, 0) is 48.9 Å². The number of hydrogen-bond donors (Lipinski definition) is 1. The number of carbonyl (C=O) groups excluding carboxylic acids is 1. The van der Waals surface area contributed by atoms with Crippen molar-refractivity contribution in [1.82, 2.24) is 0 Å². The molecule has 0 bridgehead atoms. The lowest BCUT2D eigenvalue weighted by Crippen LogP contribution is -2.32. The molecular formula is C19H22ClNO. The van der Waals surface area contributed by atoms with Crippen LogP contribution < -0.4 is 5.73 Å². The molecule has 0 heterocycles. The molecule has 1 atom stereocenters. The second kappa shape index (κ2) is 8.72. The molecule has 0 fully saturated rings. The molecule has 3 heteroatoms. The van der Waals surface area contributed by atoms with Gasteiger partial charge in [0.15, 0.2) is 0 Å². The van der Waals surface area contributed by atoms with E-state index in [1.807, 2.05) is 42.5 Å². The Balaban J connectivity index is 1.69. The van der Waals surface area contributed by atoms with Crippen LogP contribution in [0, 0.1) is 0 Å². The number of Topliss-reactive ketones (excluding diaryl/α,β-unsaturated/α-hetero) is 1. The van der Waals surface area contributed by atoms with Crippen molar-refractivity contribution in [2.45, 2.75) is 38.1 Å². The van der Waals surface area contributed by atoms with Gasteiger partial charge in [0.2, 0.25) is 0 Å². The summed E-state index contributed by atoms with van der Waals surface area (Å²) >= 11 is 5.85. The summed E-state index contributed by atoms with van der Waals surface area (Å²) in [5, 5.41) is 0.699. The lowest BCUT2D eigenvalue weighted by molar-refractivity contribution is -0.120. The zero-order valence-electron chi connectivity index (χ0n) is 12.7. The largest absolute Gasteiger partial charge is 0.321 e. The van der Waals surface area contributed by atoms with Crippen LogP contribution in [0.2, 0.25) is 5.02 Å². The third-order valence-corrected chi connectivity index (χ3v) is 4.02. The molecule has 0 unspecified atom stereocenters. The first kappa shape index (κ1) is 16.7. The Morgan fingerprint density at radius 1 is 0.955 bits per heavy atom. The number of ketones is 1. The standard InChI is InChI=1S/C19H22ClNO/c20-17-12-10-16(11-13-17)14-18(21)19(22)9-5-4-8-15-6-2-1-3-7-15/h1-3,6-7,10-13,18H,4-5,8-9,14,21H2/t18-/m0/s1. The topological polar surface area (TPSA) is 43.1 Å². The molecule has 22 heavy (non-hydrogen) atoms. The number of aryl methyl sites for hydroxylation is 1. The molecule has 2 N–H and O–H groups in total. The minimum Gasteiger partial charge on any atom is -0.321 e. The molecule has 2 aromatic rings. The van der Waals surface area contributed by atoms with Crippen molar-refractivity contribution >= 4 is 17.4 Å². The van der Waals surface area contributed by atoms with E-state index in [0.29, 0.717) is 17.9 Å². The second-order valence-electron chi connectivity index (χ2n) is 5.60. The molecule has 2 nitrogen and oxygen atoms in total. The van der Waals surface area contributed by atoms with Gasteiger partial charge in [-0.15, -0.1) is 0 Å². The molecule has 0 aliphatic heterocycles. The summed E-state index contributed by atoms with van der Waals surface area (Å²) in [5.74, 6) is 0.142. The Morgan fingerprint density at radius 3 is 2.32 bits per heavy atom. The Kier molecular flexibility index (Phi) is 6.63. The monoisotopic (exact) mass is 315 g/mol. The van der Waals surface area contributed by atoms with Crippen LogP contribution in [0.5, 0.6) is 0 Å². The molecule has 0 aliphatic rings. The predicted molar refractivity (Wildman–Crippen MR) is 92.1 cm³/mol. The fraction of sp³-hybridized carbons (Fsp3) is 0.316. The van der Waals surface area contributed by atoms with E-state index in [1.165, 1.54) is 5.56 Å². The van der Waals surface area contributed by atoms with Crippen molar-refractivity contribution in [3.05, 3.63) is 70.7 Å². The number of hydrogen-bond acceptors (Lipinski definition) is 2. The van der Waals surface area contributed by atoms with Gasteiger partial charge in [0.25, 0.3) is 0 Å². The van der Waals surface area contributed by atoms with Gasteiger partial charge in [-0.3, -0.25) is 4.79 Å². The van der Waals surface area contributed by atoms with Gasteiger partial charge in [-0.25, -0.2) is 0 Å². The molecular weight excluding hydrogens is 294 g/mol. The Bertz CT molecular complexity index is 580. The van der Waals surface area contributed by atoms with Gasteiger partial charge in [-0.1, -0.05) is 54.1 Å². The summed E-state index contributed by atoms with van der Waals surface area (Å²) in [7, 11) is 0. The van der Waals surface area contributed by atoms with Crippen molar-refractivity contribution in [1.29, 1.82) is 0 Å². The van der Waals surface area contributed by atoms with E-state index in [1.54, 1.807) is 0 Å². The number of halogens is 1. The highest BCUT2D eigenvalue weighted by atomic mass is 35.5. The Morgan fingerprint density at radius 2 is 1.64 bits per heavy atom. The van der Waals surface area contributed by atoms with Crippen molar-refractivity contribution < 1.29 is 4.79 Å². The highest BCUT2D eigenvalue weighted by Crippen LogP contribution is 2.12. The summed E-state index contributed by atoms with van der Waals surface area (Å²) in [6, 6.07) is 17.4. The van der Waals surface area contributed by atoms with Crippen LogP contribution in [0.15, 0.2) is 54.6 Å². The number of nitrogens with two attached hydrogens (primary N) is 1. The maximum absolute atomic E-state index is 12.1. The van der Waals surface area contributed by atoms with E-state index in [4.69, 9.17) is 17.3 Å². The SMILES string of the molecule is N[C@@H](Cc1ccc(Cl)cc1)C(=O)CCCCc1ccccc1. The van der Waals surface area contributed by atoms with Gasteiger partial charge < -0.3 is 5.73 Å². The average Bonchev–Trinajstić information content (AvgIpc) is 2.54. The van der Waals surface area contributed by atoms with E-state index >= 15 is 0 Å². The first-order valence-electron chi connectivity index (χ1n) is 7.72. The zero-order valence-corrected chi connectivity index (χ0v) is 13.4. The van der Waals surface area contributed by atoms with Gasteiger partial charge >= 0.3 is 0 Å². The molecule has 116 valence electrons. The summed E-state index contributed by atoms with van der Waals surface area (Å²) in [6.45, 7) is 0. The maximum atomic E-state index is 12.1. The zero-order chi connectivity index (χ0) is 15.8. The van der Waals surface area contributed by atoms with Gasteiger partial charge in [-0.2, -0.15) is 0 Å². The smallest absolute Gasteiger partial charge is 0.149 e. The van der Waals surface area contributed by atoms with Crippen molar-refractivity contribution in [2.24, 2.45) is 5.73 Å². The molecule has 0 aliphatic carbocycles. The summed E-state index contributed by atoms with van der Waals surface area (Å²) in [6.07, 6.45) is 4.06. The van der Waals surface area contributed by atoms with Crippen molar-refractivity contribution in [3.8, 4) is 0 Å². The molecule has 0 saturated carbocycles. The fourth-order valence-electron chi connectivity index (χ4n) is 2.45. The lowest BCUT2D eigenvalue weighted by Gasteiger charge is -2.11. The molecule has 0 radical (unpaired) electrons. The normalized spacial score (nSPS) is 12.1. The van der Waals surface area contributed by atoms with E-state index in [9.17, 15) is 4.79 Å². The summed E-state index contributed by atoms with van der Waals surface area (Å²) in [4.78, 5) is 12.1. The minimum atomic E-state index is -0.419. The van der Waals surface area contributed by atoms with Crippen LogP contribution in [0.4, 0.5) is 0 Å². The number of carbonyl (C=O) groups is 1. The quantitative estimate of drug-likeness (QED) is 0.742. The number of benzene rings is 2. The van der Waals surface area contributed by atoms with E-state index in [-0.39, 0.29) is 5.78 Å². The molecule has 0 saturated heterocycles. The molecule has 2 aromatic carbocycles. The highest BCUT2D eigenvalue weighted by molar-refractivity contribution is 6.30. The first-order valence-corrected chi connectivity index (χ1v) is 8.09. The van der Waals surface area contributed by atoms with Gasteiger partial charge in [0.1, 0.15) is 5.78 Å². The summed E-state index contributed by atoms with van der Waals surface area (Å²) < 4.78 is 0. The van der Waals surface area contributed by atoms with Gasteiger partial charge in [0.05, 0.1) is 6.04 Å². The number of unbranched alkanes of at least 4 members (excludes halogenated alkanes) is 1. The number of rotatable bonds is 8. The highest BCUT2D eigenvalue weighted by Gasteiger charge is 2.13. The first-order chi connectivity index (χ1) is 10.6. The van der Waals surface area contributed by atoms with E-state index in [2.05, 4.69) is 12.1 Å². The Hall–Kier alpha value is -1.64. The Labute approximate surface area is 137 Å². The third-order valence-electron chi connectivity index (χ3n) is 3.76. The molecule has 0 spiro atoms. The maximum Gasteiger partial charge on any atom is 0.149 e. The van der Waals surface area contributed by atoms with E-state index < -0.39 is 6.04 Å². The molecule has 0 aromatic heterocycles. The lowest BCUT2D eigenvalue weighted by atomic mass is 9.99. The van der Waals surface area contributed by atoms with Crippen LogP contribution in [0.3, 0.4) is 0 Å². The van der Waals surface area contributed by atoms with Crippen LogP contribution >= 0.6 is 11.6 Å². The van der Waals surface area contributed by atoms with Crippen molar-refractivity contribution in [2.75, 3.05) is 0 Å². The predicted octanol–water partition coefficient (Wildman–Crippen LogP) is 4.19.